The van der Waals surface area contributed by atoms with E-state index in [0.29, 0.717) is 0 Å². The first kappa shape index (κ1) is 25.4. The first-order valence-electron chi connectivity index (χ1n) is 12.5. The van der Waals surface area contributed by atoms with Crippen LogP contribution in [0.1, 0.15) is 33.3 Å². The Morgan fingerprint density at radius 2 is 1.46 bits per heavy atom. The lowest BCUT2D eigenvalue weighted by Gasteiger charge is -2.43. The van der Waals surface area contributed by atoms with E-state index in [-0.39, 0.29) is 24.2 Å². The second-order valence-electron chi connectivity index (χ2n) is 10.4. The number of rotatable bonds is 10. The Morgan fingerprint density at radius 1 is 0.886 bits per heavy atom. The molecule has 35 heavy (non-hydrogen) atoms. The zero-order valence-corrected chi connectivity index (χ0v) is 22.2. The number of aromatic amines is 1. The van der Waals surface area contributed by atoms with E-state index in [1.165, 1.54) is 21.3 Å². The molecule has 3 nitrogen and oxygen atoms in total. The van der Waals surface area contributed by atoms with E-state index in [4.69, 9.17) is 4.43 Å². The minimum Gasteiger partial charge on any atom is -0.404 e. The van der Waals surface area contributed by atoms with Gasteiger partial charge in [-0.25, -0.2) is 4.39 Å². The van der Waals surface area contributed by atoms with Crippen molar-refractivity contribution in [2.45, 2.75) is 51.4 Å². The molecule has 184 valence electrons. The van der Waals surface area contributed by atoms with Gasteiger partial charge in [0.25, 0.3) is 8.32 Å². The number of hydrogen-bond acceptors (Lipinski definition) is 2. The van der Waals surface area contributed by atoms with Gasteiger partial charge in [0.15, 0.2) is 0 Å². The van der Waals surface area contributed by atoms with Gasteiger partial charge in [0, 0.05) is 29.7 Å². The molecule has 2 N–H and O–H groups in total. The Kier molecular flexibility index (Phi) is 7.90. The summed E-state index contributed by atoms with van der Waals surface area (Å²) in [6.07, 6.45) is 1.80. The Hall–Kier alpha value is -2.73. The largest absolute Gasteiger partial charge is 0.404 e. The lowest BCUT2D eigenvalue weighted by Crippen LogP contribution is -2.67. The number of benzene rings is 3. The van der Waals surface area contributed by atoms with Crippen LogP contribution in [0, 0.1) is 0 Å². The fourth-order valence-corrected chi connectivity index (χ4v) is 9.65. The summed E-state index contributed by atoms with van der Waals surface area (Å²) in [5.41, 5.74) is 2.39. The molecule has 1 aromatic heterocycles. The van der Waals surface area contributed by atoms with Gasteiger partial charge in [0.2, 0.25) is 0 Å². The molecule has 4 rings (SSSR count). The normalized spacial score (nSPS) is 14.2. The molecule has 0 aliphatic rings. The SMILES string of the molecule is C[C@H](Cc1c[nH]c2ccccc12)NCC(F)CO[Si](c1ccccc1)(c1ccccc1)C(C)(C)C. The number of halogens is 1. The predicted molar refractivity (Wildman–Crippen MR) is 148 cm³/mol. The number of fused-ring (bicyclic) bond motifs is 1. The molecule has 0 saturated carbocycles. The quantitative estimate of drug-likeness (QED) is 0.285. The maximum absolute atomic E-state index is 15.3. The molecule has 1 heterocycles. The van der Waals surface area contributed by atoms with Crippen LogP contribution in [-0.4, -0.2) is 38.7 Å². The summed E-state index contributed by atoms with van der Waals surface area (Å²) in [7, 11) is -2.72. The lowest BCUT2D eigenvalue weighted by molar-refractivity contribution is 0.180. The summed E-state index contributed by atoms with van der Waals surface area (Å²) < 4.78 is 22.0. The number of nitrogens with one attached hydrogen (secondary N) is 2. The smallest absolute Gasteiger partial charge is 0.261 e. The van der Waals surface area contributed by atoms with Crippen molar-refractivity contribution >= 4 is 29.6 Å². The summed E-state index contributed by atoms with van der Waals surface area (Å²) in [5.74, 6) is 0. The third kappa shape index (κ3) is 5.58. The molecule has 5 heteroatoms. The van der Waals surface area contributed by atoms with Gasteiger partial charge in [-0.2, -0.15) is 0 Å². The third-order valence-corrected chi connectivity index (χ3v) is 11.8. The summed E-state index contributed by atoms with van der Waals surface area (Å²) in [6, 6.07) is 29.2. The zero-order chi connectivity index (χ0) is 24.9. The lowest BCUT2D eigenvalue weighted by atomic mass is 10.1. The summed E-state index contributed by atoms with van der Waals surface area (Å²) in [4.78, 5) is 3.32. The van der Waals surface area contributed by atoms with Crippen LogP contribution in [0.25, 0.3) is 10.9 Å². The second-order valence-corrected chi connectivity index (χ2v) is 14.8. The van der Waals surface area contributed by atoms with E-state index < -0.39 is 14.5 Å². The van der Waals surface area contributed by atoms with Crippen molar-refractivity contribution in [1.82, 2.24) is 10.3 Å². The van der Waals surface area contributed by atoms with Crippen LogP contribution in [-0.2, 0) is 10.8 Å². The van der Waals surface area contributed by atoms with Gasteiger partial charge in [-0.05, 0) is 40.4 Å². The van der Waals surface area contributed by atoms with Gasteiger partial charge >= 0.3 is 0 Å². The van der Waals surface area contributed by atoms with Crippen LogP contribution < -0.4 is 15.7 Å². The molecule has 0 radical (unpaired) electrons. The Balaban J connectivity index is 1.45. The monoisotopic (exact) mass is 488 g/mol. The van der Waals surface area contributed by atoms with Gasteiger partial charge in [-0.3, -0.25) is 0 Å². The van der Waals surface area contributed by atoms with Gasteiger partial charge in [-0.1, -0.05) is 99.6 Å². The summed E-state index contributed by atoms with van der Waals surface area (Å²) in [6.45, 7) is 9.09. The molecule has 1 unspecified atom stereocenters. The molecule has 0 fully saturated rings. The molecule has 0 saturated heterocycles. The minimum atomic E-state index is -2.72. The number of aromatic nitrogens is 1. The number of alkyl halides is 1. The van der Waals surface area contributed by atoms with Crippen molar-refractivity contribution in [2.75, 3.05) is 13.2 Å². The molecule has 0 aliphatic heterocycles. The van der Waals surface area contributed by atoms with Crippen LogP contribution in [0.15, 0.2) is 91.1 Å². The number of hydrogen-bond donors (Lipinski definition) is 2. The molecular formula is C30H37FN2OSi. The van der Waals surface area contributed by atoms with E-state index >= 15 is 4.39 Å². The molecule has 2 atom stereocenters. The van der Waals surface area contributed by atoms with Crippen molar-refractivity contribution in [2.24, 2.45) is 0 Å². The van der Waals surface area contributed by atoms with E-state index in [2.05, 4.69) is 111 Å². The molecule has 0 spiro atoms. The maximum Gasteiger partial charge on any atom is 0.261 e. The van der Waals surface area contributed by atoms with E-state index in [1.807, 2.05) is 18.2 Å². The Morgan fingerprint density at radius 3 is 2.06 bits per heavy atom. The second kappa shape index (κ2) is 10.9. The highest BCUT2D eigenvalue weighted by Crippen LogP contribution is 2.36. The molecule has 3 aromatic carbocycles. The van der Waals surface area contributed by atoms with Gasteiger partial charge in [0.05, 0.1) is 6.61 Å². The topological polar surface area (TPSA) is 37.0 Å². The fraction of sp³-hybridized carbons (Fsp3) is 0.333. The first-order chi connectivity index (χ1) is 16.8. The minimum absolute atomic E-state index is 0.0695. The Bertz CT molecular complexity index is 1160. The predicted octanol–water partition coefficient (Wildman–Crippen LogP) is 5.60. The van der Waals surface area contributed by atoms with Crippen molar-refractivity contribution in [3.8, 4) is 0 Å². The van der Waals surface area contributed by atoms with Gasteiger partial charge in [0.1, 0.15) is 6.17 Å². The highest BCUT2D eigenvalue weighted by molar-refractivity contribution is 6.99. The van der Waals surface area contributed by atoms with Crippen LogP contribution in [0.4, 0.5) is 4.39 Å². The standard InChI is InChI=1S/C30H37FN2OSi/c1-23(19-24-20-33-29-18-12-11-17-28(24)29)32-21-25(31)22-34-35(30(2,3)4,26-13-7-5-8-14-26)27-15-9-6-10-16-27/h5-18,20,23,25,32-33H,19,21-22H2,1-4H3/t23-,25?/m1/s1. The molecule has 0 amide bonds. The van der Waals surface area contributed by atoms with E-state index in [0.717, 1.165) is 11.9 Å². The molecule has 0 aliphatic carbocycles. The highest BCUT2D eigenvalue weighted by atomic mass is 28.4. The van der Waals surface area contributed by atoms with Crippen molar-refractivity contribution in [1.29, 1.82) is 0 Å². The van der Waals surface area contributed by atoms with Crippen molar-refractivity contribution in [3.05, 3.63) is 96.7 Å². The number of H-pyrrole nitrogens is 1. The summed E-state index contributed by atoms with van der Waals surface area (Å²) >= 11 is 0. The van der Waals surface area contributed by atoms with E-state index in [1.54, 1.807) is 0 Å². The van der Waals surface area contributed by atoms with Crippen molar-refractivity contribution < 1.29 is 8.82 Å². The van der Waals surface area contributed by atoms with Crippen molar-refractivity contribution in [3.63, 3.8) is 0 Å². The Labute approximate surface area is 209 Å². The molecular weight excluding hydrogens is 451 g/mol. The van der Waals surface area contributed by atoms with Crippen LogP contribution in [0.5, 0.6) is 0 Å². The third-order valence-electron chi connectivity index (χ3n) is 6.79. The zero-order valence-electron chi connectivity index (χ0n) is 21.2. The average Bonchev–Trinajstić information content (AvgIpc) is 3.26. The summed E-state index contributed by atoms with van der Waals surface area (Å²) in [5, 5.41) is 6.80. The number of para-hydroxylation sites is 1. The first-order valence-corrected chi connectivity index (χ1v) is 14.4. The molecule has 4 aromatic rings. The van der Waals surface area contributed by atoms with E-state index in [9.17, 15) is 0 Å². The average molecular weight is 489 g/mol. The maximum atomic E-state index is 15.3. The van der Waals surface area contributed by atoms with Crippen LogP contribution in [0.3, 0.4) is 0 Å². The van der Waals surface area contributed by atoms with Crippen LogP contribution >= 0.6 is 0 Å². The van der Waals surface area contributed by atoms with Gasteiger partial charge in [-0.15, -0.1) is 0 Å². The van der Waals surface area contributed by atoms with Gasteiger partial charge < -0.3 is 14.7 Å². The van der Waals surface area contributed by atoms with Crippen LogP contribution in [0.2, 0.25) is 5.04 Å². The fourth-order valence-electron chi connectivity index (χ4n) is 5.07. The highest BCUT2D eigenvalue weighted by Gasteiger charge is 2.50. The molecule has 0 bridgehead atoms.